The van der Waals surface area contributed by atoms with Crippen molar-refractivity contribution < 1.29 is 33.7 Å². The van der Waals surface area contributed by atoms with E-state index in [9.17, 15) is 24.6 Å². The van der Waals surface area contributed by atoms with Gasteiger partial charge in [0.15, 0.2) is 11.4 Å². The molecule has 0 amide bonds. The maximum Gasteiger partial charge on any atom is 0.306 e. The largest absolute Gasteiger partial charge is 0.450 e. The number of alkyl halides is 1. The minimum atomic E-state index is -1.57. The summed E-state index contributed by atoms with van der Waals surface area (Å²) in [5.74, 6) is -2.44. The summed E-state index contributed by atoms with van der Waals surface area (Å²) in [6, 6.07) is 0. The third-order valence-electron chi connectivity index (χ3n) is 9.58. The smallest absolute Gasteiger partial charge is 0.306 e. The fourth-order valence-corrected chi connectivity index (χ4v) is 8.19. The maximum atomic E-state index is 15.6. The average Bonchev–Trinajstić information content (AvgIpc) is 3.00. The van der Waals surface area contributed by atoms with E-state index < -0.39 is 47.1 Å². The summed E-state index contributed by atoms with van der Waals surface area (Å²) in [7, 11) is 0. The number of esters is 1. The van der Waals surface area contributed by atoms with E-state index in [1.54, 1.807) is 6.08 Å². The Balaban J connectivity index is 1.78. The number of rotatable bonds is 6. The van der Waals surface area contributed by atoms with Crippen molar-refractivity contribution in [3.8, 4) is 0 Å². The highest BCUT2D eigenvalue weighted by Crippen LogP contribution is 2.69. The number of hydrogen-bond acceptors (Lipinski definition) is 6. The zero-order valence-electron chi connectivity index (χ0n) is 20.6. The second-order valence-corrected chi connectivity index (χ2v) is 11.3. The van der Waals surface area contributed by atoms with Crippen molar-refractivity contribution in [1.82, 2.24) is 0 Å². The molecule has 0 spiro atoms. The Morgan fingerprint density at radius 3 is 2.62 bits per heavy atom. The Morgan fingerprint density at radius 2 is 1.97 bits per heavy atom. The second-order valence-electron chi connectivity index (χ2n) is 11.3. The van der Waals surface area contributed by atoms with Crippen molar-refractivity contribution in [3.05, 3.63) is 23.8 Å². The molecule has 0 aromatic heterocycles. The molecule has 9 atom stereocenters. The van der Waals surface area contributed by atoms with E-state index in [1.165, 1.54) is 12.2 Å². The Hall–Kier alpha value is -1.86. The van der Waals surface area contributed by atoms with E-state index >= 15 is 4.39 Å². The highest BCUT2D eigenvalue weighted by Gasteiger charge is 2.73. The quantitative estimate of drug-likeness (QED) is 0.569. The van der Waals surface area contributed by atoms with Crippen LogP contribution in [0.2, 0.25) is 0 Å². The number of carbonyl (C=O) groups is 3. The number of carbonyl (C=O) groups excluding carboxylic acids is 3. The van der Waals surface area contributed by atoms with Crippen LogP contribution in [0, 0.1) is 34.5 Å². The molecule has 188 valence electrons. The van der Waals surface area contributed by atoms with Crippen LogP contribution in [0.25, 0.3) is 0 Å². The predicted octanol–water partition coefficient (Wildman–Crippen LogP) is 3.49. The SMILES string of the molecule is CCCCC(=O)O[C@@]1(C(=O)CO)C(C)C[C@H]2[C@@H]3CC(F)C4=CC(=O)C=C[C@]4(C)[C@H]3[C@@H](O)C[C@@]21C. The standard InChI is InChI=1S/C27H37FO6/c1-5-6-7-23(33)34-27(22(32)14-29)15(2)10-18-17-12-20(28)19-11-16(30)8-9-25(19,3)24(17)21(31)13-26(18,27)4/h8-9,11,15,17-18,20-21,24,29,31H,5-7,10,12-14H2,1-4H3/t15?,17-,18-,20?,21-,24+,25-,26-,27+/m0/s1. The van der Waals surface area contributed by atoms with Crippen LogP contribution < -0.4 is 0 Å². The number of unbranched alkanes of at least 4 members (excludes halogenated alkanes) is 1. The summed E-state index contributed by atoms with van der Waals surface area (Å²) < 4.78 is 21.6. The first-order chi connectivity index (χ1) is 16.0. The van der Waals surface area contributed by atoms with Gasteiger partial charge in [0.05, 0.1) is 6.10 Å². The maximum absolute atomic E-state index is 15.6. The lowest BCUT2D eigenvalue weighted by atomic mass is 9.46. The molecule has 0 heterocycles. The van der Waals surface area contributed by atoms with Gasteiger partial charge < -0.3 is 14.9 Å². The van der Waals surface area contributed by atoms with Gasteiger partial charge in [0.25, 0.3) is 0 Å². The molecule has 0 aromatic rings. The van der Waals surface area contributed by atoms with Gasteiger partial charge >= 0.3 is 5.97 Å². The van der Waals surface area contributed by atoms with Crippen LogP contribution in [0.1, 0.15) is 66.2 Å². The molecule has 3 fully saturated rings. The predicted molar refractivity (Wildman–Crippen MR) is 123 cm³/mol. The topological polar surface area (TPSA) is 101 Å². The number of aliphatic hydroxyl groups is 2. The summed E-state index contributed by atoms with van der Waals surface area (Å²) in [6.45, 7) is 6.80. The Kier molecular flexibility index (Phi) is 6.43. The number of Topliss-reactive ketones (excluding diaryl/α,β-unsaturated/α-hetero) is 1. The monoisotopic (exact) mass is 476 g/mol. The molecule has 4 aliphatic rings. The molecule has 3 saturated carbocycles. The van der Waals surface area contributed by atoms with Crippen molar-refractivity contribution in [2.24, 2.45) is 34.5 Å². The number of halogens is 1. The van der Waals surface area contributed by atoms with Crippen molar-refractivity contribution in [2.45, 2.75) is 84.1 Å². The molecule has 6 nitrogen and oxygen atoms in total. The number of fused-ring (bicyclic) bond motifs is 5. The van der Waals surface area contributed by atoms with Gasteiger partial charge in [-0.05, 0) is 55.2 Å². The van der Waals surface area contributed by atoms with Crippen LogP contribution in [0.4, 0.5) is 4.39 Å². The van der Waals surface area contributed by atoms with Gasteiger partial charge in [-0.3, -0.25) is 14.4 Å². The van der Waals surface area contributed by atoms with Gasteiger partial charge in [-0.1, -0.05) is 40.2 Å². The fraction of sp³-hybridized carbons (Fsp3) is 0.741. The van der Waals surface area contributed by atoms with Gasteiger partial charge in [-0.2, -0.15) is 0 Å². The highest BCUT2D eigenvalue weighted by molar-refractivity contribution is 6.01. The fourth-order valence-electron chi connectivity index (χ4n) is 8.19. The minimum absolute atomic E-state index is 0.143. The molecule has 0 saturated heterocycles. The normalized spacial score (nSPS) is 45.1. The molecule has 2 N–H and O–H groups in total. The van der Waals surface area contributed by atoms with E-state index in [4.69, 9.17) is 4.74 Å². The number of hydrogen-bond donors (Lipinski definition) is 2. The van der Waals surface area contributed by atoms with Crippen LogP contribution in [0.5, 0.6) is 0 Å². The Morgan fingerprint density at radius 1 is 1.26 bits per heavy atom. The lowest BCUT2D eigenvalue weighted by Gasteiger charge is -2.60. The van der Waals surface area contributed by atoms with Crippen LogP contribution in [0.15, 0.2) is 23.8 Å². The van der Waals surface area contributed by atoms with Crippen LogP contribution >= 0.6 is 0 Å². The second kappa shape index (κ2) is 8.66. The number of ketones is 2. The van der Waals surface area contributed by atoms with Gasteiger partial charge in [-0.25, -0.2) is 4.39 Å². The number of allylic oxidation sites excluding steroid dienone is 4. The van der Waals surface area contributed by atoms with E-state index in [1.807, 2.05) is 27.7 Å². The lowest BCUT2D eigenvalue weighted by Crippen LogP contribution is -2.64. The molecule has 0 bridgehead atoms. The van der Waals surface area contributed by atoms with Gasteiger partial charge in [-0.15, -0.1) is 0 Å². The summed E-state index contributed by atoms with van der Waals surface area (Å²) in [5, 5.41) is 21.5. The first-order valence-corrected chi connectivity index (χ1v) is 12.6. The van der Waals surface area contributed by atoms with Crippen molar-refractivity contribution in [1.29, 1.82) is 0 Å². The van der Waals surface area contributed by atoms with E-state index in [2.05, 4.69) is 0 Å². The lowest BCUT2D eigenvalue weighted by molar-refractivity contribution is -0.206. The summed E-state index contributed by atoms with van der Waals surface area (Å²) in [4.78, 5) is 38.1. The van der Waals surface area contributed by atoms with Gasteiger partial charge in [0, 0.05) is 29.1 Å². The first kappa shape index (κ1) is 25.2. The van der Waals surface area contributed by atoms with Crippen LogP contribution in [-0.4, -0.2) is 52.2 Å². The van der Waals surface area contributed by atoms with E-state index in [0.717, 1.165) is 6.42 Å². The number of ether oxygens (including phenoxy) is 1. The first-order valence-electron chi connectivity index (χ1n) is 12.6. The average molecular weight is 477 g/mol. The molecule has 0 aromatic carbocycles. The zero-order valence-corrected chi connectivity index (χ0v) is 20.6. The molecule has 2 unspecified atom stereocenters. The third kappa shape index (κ3) is 3.37. The minimum Gasteiger partial charge on any atom is -0.450 e. The van der Waals surface area contributed by atoms with E-state index in [-0.39, 0.29) is 48.7 Å². The van der Waals surface area contributed by atoms with Crippen molar-refractivity contribution in [2.75, 3.05) is 6.61 Å². The summed E-state index contributed by atoms with van der Waals surface area (Å²) in [6.07, 6.45) is 4.80. The molecule has 0 radical (unpaired) electrons. The highest BCUT2D eigenvalue weighted by atomic mass is 19.1. The molecule has 0 aliphatic heterocycles. The third-order valence-corrected chi connectivity index (χ3v) is 9.58. The Labute approximate surface area is 200 Å². The molecule has 7 heteroatoms. The van der Waals surface area contributed by atoms with E-state index in [0.29, 0.717) is 18.4 Å². The molecular formula is C27H37FO6. The zero-order chi connectivity index (χ0) is 25.1. The molecular weight excluding hydrogens is 439 g/mol. The summed E-state index contributed by atoms with van der Waals surface area (Å²) in [5.41, 5.74) is -2.90. The van der Waals surface area contributed by atoms with Crippen LogP contribution in [0.3, 0.4) is 0 Å². The molecule has 34 heavy (non-hydrogen) atoms. The molecule has 4 aliphatic carbocycles. The van der Waals surface area contributed by atoms with Crippen LogP contribution in [-0.2, 0) is 19.1 Å². The number of aliphatic hydroxyl groups excluding tert-OH is 2. The van der Waals surface area contributed by atoms with Gasteiger partial charge in [0.2, 0.25) is 5.78 Å². The molecule has 4 rings (SSSR count). The van der Waals surface area contributed by atoms with Gasteiger partial charge in [0.1, 0.15) is 12.8 Å². The van der Waals surface area contributed by atoms with Crippen molar-refractivity contribution in [3.63, 3.8) is 0 Å². The summed E-state index contributed by atoms with van der Waals surface area (Å²) >= 11 is 0. The van der Waals surface area contributed by atoms with Crippen molar-refractivity contribution >= 4 is 17.5 Å². The Bertz CT molecular complexity index is 941.